The Morgan fingerprint density at radius 2 is 2.05 bits per heavy atom. The molecule has 0 bridgehead atoms. The van der Waals surface area contributed by atoms with Gasteiger partial charge in [0.05, 0.1) is 16.5 Å². The fraction of sp³-hybridized carbons (Fsp3) is 0.385. The zero-order valence-electron chi connectivity index (χ0n) is 10.7. The third kappa shape index (κ3) is 4.02. The molecule has 0 atom stereocenters. The molecule has 1 aromatic rings. The number of carbonyl (C=O) groups is 2. The molecule has 6 heteroatoms. The molecule has 19 heavy (non-hydrogen) atoms. The summed E-state index contributed by atoms with van der Waals surface area (Å²) in [6.07, 6.45) is -0.167. The second-order valence-electron chi connectivity index (χ2n) is 4.34. The standard InChI is InChI=1S/C13H15BrFNO3/c1-8(2)16(7-6-11(17)18)13(19)9-4-3-5-10(14)12(9)15/h3-5,8H,6-7H2,1-2H3,(H,17,18). The van der Waals surface area contributed by atoms with Gasteiger partial charge in [0, 0.05) is 12.6 Å². The van der Waals surface area contributed by atoms with Crippen molar-refractivity contribution in [1.82, 2.24) is 4.90 Å². The summed E-state index contributed by atoms with van der Waals surface area (Å²) in [6, 6.07) is 4.25. The van der Waals surface area contributed by atoms with Gasteiger partial charge in [-0.05, 0) is 41.9 Å². The number of halogens is 2. The van der Waals surface area contributed by atoms with Crippen LogP contribution in [0.4, 0.5) is 4.39 Å². The molecule has 0 unspecified atom stereocenters. The van der Waals surface area contributed by atoms with E-state index in [4.69, 9.17) is 5.11 Å². The van der Waals surface area contributed by atoms with Crippen molar-refractivity contribution in [2.75, 3.05) is 6.54 Å². The number of carboxylic acid groups (broad SMARTS) is 1. The highest BCUT2D eigenvalue weighted by Gasteiger charge is 2.23. The van der Waals surface area contributed by atoms with Crippen molar-refractivity contribution in [2.45, 2.75) is 26.3 Å². The lowest BCUT2D eigenvalue weighted by Gasteiger charge is -2.26. The molecular weight excluding hydrogens is 317 g/mol. The lowest BCUT2D eigenvalue weighted by atomic mass is 10.1. The van der Waals surface area contributed by atoms with E-state index in [0.717, 1.165) is 0 Å². The Kier molecular flexibility index (Phi) is 5.47. The molecule has 1 rings (SSSR count). The van der Waals surface area contributed by atoms with Gasteiger partial charge in [-0.15, -0.1) is 0 Å². The van der Waals surface area contributed by atoms with Crippen molar-refractivity contribution in [3.8, 4) is 0 Å². The average Bonchev–Trinajstić information content (AvgIpc) is 2.31. The second-order valence-corrected chi connectivity index (χ2v) is 5.19. The summed E-state index contributed by atoms with van der Waals surface area (Å²) >= 11 is 3.02. The SMILES string of the molecule is CC(C)N(CCC(=O)O)C(=O)c1cccc(Br)c1F. The van der Waals surface area contributed by atoms with E-state index in [0.29, 0.717) is 0 Å². The van der Waals surface area contributed by atoms with Crippen molar-refractivity contribution < 1.29 is 19.1 Å². The number of amides is 1. The fourth-order valence-electron chi connectivity index (χ4n) is 1.63. The molecule has 0 aliphatic rings. The number of rotatable bonds is 5. The van der Waals surface area contributed by atoms with E-state index < -0.39 is 17.7 Å². The van der Waals surface area contributed by atoms with Gasteiger partial charge in [0.25, 0.3) is 5.91 Å². The zero-order chi connectivity index (χ0) is 14.6. The number of benzene rings is 1. The van der Waals surface area contributed by atoms with Crippen LogP contribution >= 0.6 is 15.9 Å². The normalized spacial score (nSPS) is 10.6. The highest BCUT2D eigenvalue weighted by molar-refractivity contribution is 9.10. The molecule has 1 N–H and O–H groups in total. The second kappa shape index (κ2) is 6.65. The van der Waals surface area contributed by atoms with E-state index in [2.05, 4.69) is 15.9 Å². The van der Waals surface area contributed by atoms with Crippen LogP contribution in [0.3, 0.4) is 0 Å². The first-order valence-electron chi connectivity index (χ1n) is 5.81. The van der Waals surface area contributed by atoms with Gasteiger partial charge in [-0.25, -0.2) is 4.39 Å². The molecule has 0 fully saturated rings. The Morgan fingerprint density at radius 3 is 2.58 bits per heavy atom. The smallest absolute Gasteiger partial charge is 0.305 e. The van der Waals surface area contributed by atoms with Gasteiger partial charge in [0.2, 0.25) is 0 Å². The summed E-state index contributed by atoms with van der Waals surface area (Å²) in [5.74, 6) is -2.13. The van der Waals surface area contributed by atoms with E-state index in [-0.39, 0.29) is 29.0 Å². The summed E-state index contributed by atoms with van der Waals surface area (Å²) in [5, 5.41) is 8.68. The molecule has 0 heterocycles. The van der Waals surface area contributed by atoms with Gasteiger partial charge in [0.1, 0.15) is 5.82 Å². The van der Waals surface area contributed by atoms with Crippen LogP contribution in [0.15, 0.2) is 22.7 Å². The monoisotopic (exact) mass is 331 g/mol. The largest absolute Gasteiger partial charge is 0.481 e. The minimum Gasteiger partial charge on any atom is -0.481 e. The molecule has 0 saturated carbocycles. The third-order valence-corrected chi connectivity index (χ3v) is 3.25. The van der Waals surface area contributed by atoms with Gasteiger partial charge in [-0.2, -0.15) is 0 Å². The summed E-state index contributed by atoms with van der Waals surface area (Å²) in [7, 11) is 0. The first kappa shape index (κ1) is 15.6. The maximum Gasteiger partial charge on any atom is 0.305 e. The van der Waals surface area contributed by atoms with Crippen molar-refractivity contribution >= 4 is 27.8 Å². The quantitative estimate of drug-likeness (QED) is 0.902. The lowest BCUT2D eigenvalue weighted by molar-refractivity contribution is -0.137. The Labute approximate surface area is 119 Å². The molecule has 0 radical (unpaired) electrons. The number of aliphatic carboxylic acids is 1. The molecule has 1 amide bonds. The molecule has 104 valence electrons. The van der Waals surface area contributed by atoms with Crippen LogP contribution in [0, 0.1) is 5.82 Å². The Bertz CT molecular complexity index is 491. The van der Waals surface area contributed by atoms with E-state index in [1.54, 1.807) is 19.9 Å². The first-order valence-corrected chi connectivity index (χ1v) is 6.60. The molecule has 0 aliphatic heterocycles. The molecule has 0 aromatic heterocycles. The number of nitrogens with zero attached hydrogens (tertiary/aromatic N) is 1. The summed E-state index contributed by atoms with van der Waals surface area (Å²) < 4.78 is 14.1. The predicted octanol–water partition coefficient (Wildman–Crippen LogP) is 2.91. The van der Waals surface area contributed by atoms with Crippen LogP contribution in [-0.4, -0.2) is 34.5 Å². The van der Waals surface area contributed by atoms with Crippen LogP contribution in [0.1, 0.15) is 30.6 Å². The minimum absolute atomic E-state index is 0.0534. The van der Waals surface area contributed by atoms with Gasteiger partial charge >= 0.3 is 5.97 Å². The minimum atomic E-state index is -0.992. The van der Waals surface area contributed by atoms with Gasteiger partial charge in [-0.1, -0.05) is 6.07 Å². The highest BCUT2D eigenvalue weighted by Crippen LogP contribution is 2.20. The number of hydrogen-bond acceptors (Lipinski definition) is 2. The molecule has 0 spiro atoms. The lowest BCUT2D eigenvalue weighted by Crippen LogP contribution is -2.39. The van der Waals surface area contributed by atoms with Crippen molar-refractivity contribution in [3.63, 3.8) is 0 Å². The van der Waals surface area contributed by atoms with Crippen molar-refractivity contribution in [2.24, 2.45) is 0 Å². The number of hydrogen-bond donors (Lipinski definition) is 1. The van der Waals surface area contributed by atoms with Crippen molar-refractivity contribution in [3.05, 3.63) is 34.1 Å². The maximum atomic E-state index is 13.9. The predicted molar refractivity (Wildman–Crippen MR) is 72.5 cm³/mol. The average molecular weight is 332 g/mol. The molecule has 4 nitrogen and oxygen atoms in total. The third-order valence-electron chi connectivity index (χ3n) is 2.63. The van der Waals surface area contributed by atoms with Crippen LogP contribution in [-0.2, 0) is 4.79 Å². The molecule has 0 saturated heterocycles. The molecular formula is C13H15BrFNO3. The van der Waals surface area contributed by atoms with E-state index in [1.165, 1.54) is 17.0 Å². The Balaban J connectivity index is 2.99. The fourth-order valence-corrected chi connectivity index (χ4v) is 2.00. The van der Waals surface area contributed by atoms with E-state index >= 15 is 0 Å². The van der Waals surface area contributed by atoms with Gasteiger partial charge in [-0.3, -0.25) is 9.59 Å². The van der Waals surface area contributed by atoms with Gasteiger partial charge < -0.3 is 10.0 Å². The van der Waals surface area contributed by atoms with Crippen LogP contribution in [0.25, 0.3) is 0 Å². The van der Waals surface area contributed by atoms with Crippen molar-refractivity contribution in [1.29, 1.82) is 0 Å². The number of carboxylic acids is 1. The van der Waals surface area contributed by atoms with Crippen LogP contribution < -0.4 is 0 Å². The Morgan fingerprint density at radius 1 is 1.42 bits per heavy atom. The highest BCUT2D eigenvalue weighted by atomic mass is 79.9. The topological polar surface area (TPSA) is 57.6 Å². The molecule has 1 aromatic carbocycles. The van der Waals surface area contributed by atoms with Crippen LogP contribution in [0.2, 0.25) is 0 Å². The van der Waals surface area contributed by atoms with E-state index in [1.807, 2.05) is 0 Å². The maximum absolute atomic E-state index is 13.9. The van der Waals surface area contributed by atoms with Crippen LogP contribution in [0.5, 0.6) is 0 Å². The van der Waals surface area contributed by atoms with Gasteiger partial charge in [0.15, 0.2) is 0 Å². The Hall–Kier alpha value is -1.43. The summed E-state index contributed by atoms with van der Waals surface area (Å²) in [6.45, 7) is 3.57. The summed E-state index contributed by atoms with van der Waals surface area (Å²) in [5.41, 5.74) is -0.0616. The summed E-state index contributed by atoms with van der Waals surface area (Å²) in [4.78, 5) is 24.2. The van der Waals surface area contributed by atoms with E-state index in [9.17, 15) is 14.0 Å². The molecule has 0 aliphatic carbocycles. The first-order chi connectivity index (χ1) is 8.84. The zero-order valence-corrected chi connectivity index (χ0v) is 12.3. The number of carbonyl (C=O) groups excluding carboxylic acids is 1.